The zero-order chi connectivity index (χ0) is 14.5. The van der Waals surface area contributed by atoms with Crippen molar-refractivity contribution in [2.45, 2.75) is 33.1 Å². The number of halogens is 1. The molecule has 2 N–H and O–H groups in total. The lowest BCUT2D eigenvalue weighted by molar-refractivity contribution is -0.117. The average Bonchev–Trinajstić information content (AvgIpc) is 2.38. The molecule has 5 nitrogen and oxygen atoms in total. The molecule has 0 aliphatic carbocycles. The van der Waals surface area contributed by atoms with Crippen molar-refractivity contribution in [1.82, 2.24) is 15.3 Å². The lowest BCUT2D eigenvalue weighted by Crippen LogP contribution is -2.34. The quantitative estimate of drug-likeness (QED) is 0.837. The molecule has 1 aromatic heterocycles. The van der Waals surface area contributed by atoms with Gasteiger partial charge in [-0.15, -0.1) is 0 Å². The molecule has 110 valence electrons. The monoisotopic (exact) mass is 296 g/mol. The number of piperidine rings is 1. The van der Waals surface area contributed by atoms with Gasteiger partial charge in [0.25, 0.3) is 0 Å². The van der Waals surface area contributed by atoms with Crippen LogP contribution in [0.4, 0.5) is 5.95 Å². The molecule has 2 atom stereocenters. The summed E-state index contributed by atoms with van der Waals surface area (Å²) in [6, 6.07) is 1.66. The van der Waals surface area contributed by atoms with Crippen LogP contribution < -0.4 is 10.6 Å². The van der Waals surface area contributed by atoms with Gasteiger partial charge >= 0.3 is 0 Å². The summed E-state index contributed by atoms with van der Waals surface area (Å²) in [5.41, 5.74) is 0.741. The number of nitrogens with one attached hydrogen (secondary N) is 2. The Morgan fingerprint density at radius 1 is 1.60 bits per heavy atom. The van der Waals surface area contributed by atoms with Gasteiger partial charge in [0.1, 0.15) is 5.15 Å². The molecule has 0 bridgehead atoms. The van der Waals surface area contributed by atoms with Crippen molar-refractivity contribution >= 4 is 23.5 Å². The molecule has 1 saturated heterocycles. The van der Waals surface area contributed by atoms with Gasteiger partial charge in [0.15, 0.2) is 0 Å². The predicted molar refractivity (Wildman–Crippen MR) is 79.8 cm³/mol. The van der Waals surface area contributed by atoms with Crippen molar-refractivity contribution in [3.05, 3.63) is 16.9 Å². The van der Waals surface area contributed by atoms with Gasteiger partial charge in [0.05, 0.1) is 0 Å². The first kappa shape index (κ1) is 15.2. The Balaban J connectivity index is 1.88. The van der Waals surface area contributed by atoms with Gasteiger partial charge in [0, 0.05) is 12.1 Å². The van der Waals surface area contributed by atoms with Crippen molar-refractivity contribution < 1.29 is 4.79 Å². The topological polar surface area (TPSA) is 66.9 Å². The van der Waals surface area contributed by atoms with Gasteiger partial charge in [0.2, 0.25) is 11.9 Å². The number of rotatable bonds is 4. The summed E-state index contributed by atoms with van der Waals surface area (Å²) in [5.74, 6) is 1.15. The van der Waals surface area contributed by atoms with E-state index in [9.17, 15) is 4.79 Å². The van der Waals surface area contributed by atoms with Gasteiger partial charge in [-0.2, -0.15) is 0 Å². The van der Waals surface area contributed by atoms with Gasteiger partial charge in [-0.25, -0.2) is 9.97 Å². The molecular weight excluding hydrogens is 276 g/mol. The van der Waals surface area contributed by atoms with E-state index in [1.165, 1.54) is 12.8 Å². The maximum Gasteiger partial charge on any atom is 0.231 e. The highest BCUT2D eigenvalue weighted by Gasteiger charge is 2.22. The number of anilines is 1. The van der Waals surface area contributed by atoms with E-state index in [1.54, 1.807) is 6.07 Å². The van der Waals surface area contributed by atoms with E-state index >= 15 is 0 Å². The summed E-state index contributed by atoms with van der Waals surface area (Å²) in [4.78, 5) is 20.2. The Labute approximate surface area is 124 Å². The zero-order valence-electron chi connectivity index (χ0n) is 11.9. The van der Waals surface area contributed by atoms with Crippen LogP contribution in [0.5, 0.6) is 0 Å². The highest BCUT2D eigenvalue weighted by molar-refractivity contribution is 6.29. The van der Waals surface area contributed by atoms with E-state index in [0.29, 0.717) is 23.4 Å². The van der Waals surface area contributed by atoms with Crippen LogP contribution in [0.25, 0.3) is 0 Å². The number of carbonyl (C=O) groups excluding carboxylic acids is 1. The minimum absolute atomic E-state index is 0.0512. The van der Waals surface area contributed by atoms with Crippen molar-refractivity contribution in [3.63, 3.8) is 0 Å². The fourth-order valence-electron chi connectivity index (χ4n) is 2.59. The summed E-state index contributed by atoms with van der Waals surface area (Å²) in [6.45, 7) is 6.03. The molecule has 1 aromatic rings. The Hall–Kier alpha value is -1.20. The third kappa shape index (κ3) is 4.42. The smallest absolute Gasteiger partial charge is 0.231 e. The Kier molecular flexibility index (Phi) is 5.31. The van der Waals surface area contributed by atoms with E-state index in [4.69, 9.17) is 11.6 Å². The van der Waals surface area contributed by atoms with Crippen molar-refractivity contribution in [2.75, 3.05) is 18.4 Å². The molecule has 20 heavy (non-hydrogen) atoms. The molecular formula is C14H21ClN4O. The SMILES string of the molecule is Cc1cc(Cl)nc(NC(=O)CC(C)C2CCCNC2)n1. The maximum absolute atomic E-state index is 12.0. The number of hydrogen-bond acceptors (Lipinski definition) is 4. The van der Waals surface area contributed by atoms with Crippen LogP contribution in [0.3, 0.4) is 0 Å². The minimum Gasteiger partial charge on any atom is -0.316 e. The largest absolute Gasteiger partial charge is 0.316 e. The fraction of sp³-hybridized carbons (Fsp3) is 0.643. The molecule has 0 aromatic carbocycles. The molecule has 0 radical (unpaired) electrons. The van der Waals surface area contributed by atoms with Crippen molar-refractivity contribution in [3.8, 4) is 0 Å². The third-order valence-corrected chi connectivity index (χ3v) is 3.91. The molecule has 1 aliphatic rings. The van der Waals surface area contributed by atoms with E-state index < -0.39 is 0 Å². The standard InChI is InChI=1S/C14H21ClN4O/c1-9(11-4-3-5-16-8-11)6-13(20)19-14-17-10(2)7-12(15)18-14/h7,9,11,16H,3-6,8H2,1-2H3,(H,17,18,19,20). The summed E-state index contributed by atoms with van der Waals surface area (Å²) in [7, 11) is 0. The van der Waals surface area contributed by atoms with Crippen LogP contribution in [-0.4, -0.2) is 29.0 Å². The Morgan fingerprint density at radius 3 is 3.05 bits per heavy atom. The Morgan fingerprint density at radius 2 is 2.40 bits per heavy atom. The second-order valence-electron chi connectivity index (χ2n) is 5.49. The van der Waals surface area contributed by atoms with E-state index in [0.717, 1.165) is 18.8 Å². The second-order valence-corrected chi connectivity index (χ2v) is 5.88. The predicted octanol–water partition coefficient (Wildman–Crippen LogP) is 2.40. The van der Waals surface area contributed by atoms with E-state index in [-0.39, 0.29) is 11.9 Å². The molecule has 0 spiro atoms. The Bertz CT molecular complexity index is 454. The number of amides is 1. The molecule has 1 aliphatic heterocycles. The van der Waals surface area contributed by atoms with Crippen LogP contribution in [0.15, 0.2) is 6.07 Å². The second kappa shape index (κ2) is 6.99. The van der Waals surface area contributed by atoms with Gasteiger partial charge in [-0.1, -0.05) is 18.5 Å². The third-order valence-electron chi connectivity index (χ3n) is 3.72. The average molecular weight is 297 g/mol. The molecule has 2 rings (SSSR count). The van der Waals surface area contributed by atoms with Crippen molar-refractivity contribution in [2.24, 2.45) is 11.8 Å². The maximum atomic E-state index is 12.0. The lowest BCUT2D eigenvalue weighted by atomic mass is 9.85. The summed E-state index contributed by atoms with van der Waals surface area (Å²) >= 11 is 5.85. The first-order valence-electron chi connectivity index (χ1n) is 7.06. The number of aromatic nitrogens is 2. The highest BCUT2D eigenvalue weighted by atomic mass is 35.5. The lowest BCUT2D eigenvalue weighted by Gasteiger charge is -2.27. The molecule has 2 heterocycles. The van der Waals surface area contributed by atoms with Crippen LogP contribution in [0, 0.1) is 18.8 Å². The first-order valence-corrected chi connectivity index (χ1v) is 7.44. The van der Waals surface area contributed by atoms with Crippen LogP contribution >= 0.6 is 11.6 Å². The van der Waals surface area contributed by atoms with Gasteiger partial charge < -0.3 is 5.32 Å². The van der Waals surface area contributed by atoms with Crippen LogP contribution in [0.2, 0.25) is 5.15 Å². The summed E-state index contributed by atoms with van der Waals surface area (Å²) in [5, 5.41) is 6.45. The minimum atomic E-state index is -0.0512. The first-order chi connectivity index (χ1) is 9.54. The van der Waals surface area contributed by atoms with Crippen LogP contribution in [0.1, 0.15) is 31.9 Å². The number of carbonyl (C=O) groups is 1. The van der Waals surface area contributed by atoms with E-state index in [1.807, 2.05) is 6.92 Å². The van der Waals surface area contributed by atoms with Crippen LogP contribution in [-0.2, 0) is 4.79 Å². The number of nitrogens with zero attached hydrogens (tertiary/aromatic N) is 2. The normalized spacial score (nSPS) is 20.4. The molecule has 1 amide bonds. The number of hydrogen-bond donors (Lipinski definition) is 2. The highest BCUT2D eigenvalue weighted by Crippen LogP contribution is 2.22. The molecule has 6 heteroatoms. The fourth-order valence-corrected chi connectivity index (χ4v) is 2.82. The zero-order valence-corrected chi connectivity index (χ0v) is 12.7. The van der Waals surface area contributed by atoms with Crippen molar-refractivity contribution in [1.29, 1.82) is 0 Å². The summed E-state index contributed by atoms with van der Waals surface area (Å²) < 4.78 is 0. The molecule has 1 fully saturated rings. The van der Waals surface area contributed by atoms with E-state index in [2.05, 4.69) is 27.5 Å². The number of aryl methyl sites for hydroxylation is 1. The molecule has 0 saturated carbocycles. The van der Waals surface area contributed by atoms with Gasteiger partial charge in [-0.3, -0.25) is 10.1 Å². The van der Waals surface area contributed by atoms with Gasteiger partial charge in [-0.05, 0) is 50.8 Å². The summed E-state index contributed by atoms with van der Waals surface area (Å²) in [6.07, 6.45) is 2.86. The molecule has 2 unspecified atom stereocenters.